The molecule has 0 aliphatic carbocycles. The Hall–Kier alpha value is -6.62. The van der Waals surface area contributed by atoms with E-state index in [1.807, 2.05) is 29.5 Å². The number of anilines is 3. The van der Waals surface area contributed by atoms with Gasteiger partial charge in [-0.1, -0.05) is 133 Å². The summed E-state index contributed by atoms with van der Waals surface area (Å²) in [7, 11) is 0. The highest BCUT2D eigenvalue weighted by atomic mass is 32.1. The summed E-state index contributed by atoms with van der Waals surface area (Å²) in [6, 6.07) is 62.3. The van der Waals surface area contributed by atoms with Crippen molar-refractivity contribution in [2.75, 3.05) is 4.90 Å². The van der Waals surface area contributed by atoms with Crippen LogP contribution in [0, 0.1) is 0 Å². The lowest BCUT2D eigenvalue weighted by molar-refractivity contribution is 0.666. The van der Waals surface area contributed by atoms with Crippen LogP contribution < -0.4 is 4.90 Å². The summed E-state index contributed by atoms with van der Waals surface area (Å²) in [4.78, 5) is 2.29. The molecule has 244 valence electrons. The molecule has 0 saturated carbocycles. The van der Waals surface area contributed by atoms with Crippen molar-refractivity contribution in [3.05, 3.63) is 176 Å². The van der Waals surface area contributed by atoms with Gasteiger partial charge in [-0.2, -0.15) is 0 Å². The predicted molar refractivity (Wildman–Crippen MR) is 219 cm³/mol. The number of hydrogen-bond donors (Lipinski definition) is 0. The van der Waals surface area contributed by atoms with E-state index in [1.54, 1.807) is 0 Å². The Morgan fingerprint density at radius 2 is 0.923 bits per heavy atom. The number of para-hydroxylation sites is 4. The smallest absolute Gasteiger partial charge is 0.159 e. The van der Waals surface area contributed by atoms with Crippen molar-refractivity contribution in [2.24, 2.45) is 0 Å². The third kappa shape index (κ3) is 4.38. The zero-order valence-corrected chi connectivity index (χ0v) is 28.7. The molecular formula is C48H29NO2S. The van der Waals surface area contributed by atoms with Crippen molar-refractivity contribution in [2.45, 2.75) is 0 Å². The first-order valence-corrected chi connectivity index (χ1v) is 18.3. The SMILES string of the molecule is c1ccc(-c2cccc3c2oc2c(N(c4ccc(-c5cccc6sc7ccccc7c56)cc4)c4cccc5c4oc4ccccc45)cccc23)cc1. The largest absolute Gasteiger partial charge is 0.454 e. The van der Waals surface area contributed by atoms with Crippen LogP contribution in [0.4, 0.5) is 17.1 Å². The lowest BCUT2D eigenvalue weighted by Gasteiger charge is -2.26. The van der Waals surface area contributed by atoms with Gasteiger partial charge in [0.2, 0.25) is 0 Å². The molecule has 4 heteroatoms. The van der Waals surface area contributed by atoms with E-state index in [0.717, 1.165) is 72.1 Å². The van der Waals surface area contributed by atoms with Gasteiger partial charge in [-0.15, -0.1) is 11.3 Å². The second kappa shape index (κ2) is 11.5. The average Bonchev–Trinajstić information content (AvgIpc) is 3.91. The number of furan rings is 2. The molecule has 0 bridgehead atoms. The van der Waals surface area contributed by atoms with Crippen molar-refractivity contribution in [3.63, 3.8) is 0 Å². The molecule has 0 atom stereocenters. The third-order valence-electron chi connectivity index (χ3n) is 10.3. The maximum atomic E-state index is 6.97. The second-order valence-corrected chi connectivity index (χ2v) is 14.3. The molecule has 3 nitrogen and oxygen atoms in total. The van der Waals surface area contributed by atoms with Crippen LogP contribution in [0.15, 0.2) is 185 Å². The number of rotatable bonds is 5. The summed E-state index contributed by atoms with van der Waals surface area (Å²) in [6.45, 7) is 0. The van der Waals surface area contributed by atoms with Gasteiger partial charge in [0.15, 0.2) is 11.2 Å². The summed E-state index contributed by atoms with van der Waals surface area (Å²) in [5.74, 6) is 0. The Morgan fingerprint density at radius 3 is 1.73 bits per heavy atom. The maximum absolute atomic E-state index is 6.97. The van der Waals surface area contributed by atoms with Gasteiger partial charge in [0.25, 0.3) is 0 Å². The van der Waals surface area contributed by atoms with Gasteiger partial charge in [-0.3, -0.25) is 0 Å². The van der Waals surface area contributed by atoms with E-state index in [4.69, 9.17) is 8.83 Å². The predicted octanol–water partition coefficient (Wildman–Crippen LogP) is 14.7. The Labute approximate surface area is 303 Å². The lowest BCUT2D eigenvalue weighted by Crippen LogP contribution is -2.10. The minimum Gasteiger partial charge on any atom is -0.454 e. The number of nitrogens with zero attached hydrogens (tertiary/aromatic N) is 1. The van der Waals surface area contributed by atoms with Crippen molar-refractivity contribution in [1.82, 2.24) is 0 Å². The van der Waals surface area contributed by atoms with Crippen molar-refractivity contribution < 1.29 is 8.83 Å². The summed E-state index contributed by atoms with van der Waals surface area (Å²) in [6.07, 6.45) is 0. The Kier molecular flexibility index (Phi) is 6.42. The topological polar surface area (TPSA) is 29.5 Å². The molecule has 11 rings (SSSR count). The minimum atomic E-state index is 0.826. The standard InChI is InChI=1S/C48H29NO2S/c1-2-12-30(13-3-1)34-17-8-18-37-38-20-10-22-41(48(38)51-46(34)37)49(40-21-9-19-36-35-14-4-6-23-42(35)50-47(36)40)32-28-26-31(27-29-32)33-16-11-25-44-45(33)39-15-5-7-24-43(39)52-44/h1-29H. The van der Waals surface area contributed by atoms with Gasteiger partial charge in [0.1, 0.15) is 11.2 Å². The number of hydrogen-bond acceptors (Lipinski definition) is 4. The maximum Gasteiger partial charge on any atom is 0.159 e. The number of fused-ring (bicyclic) bond motifs is 9. The average molecular weight is 684 g/mol. The first-order valence-electron chi connectivity index (χ1n) is 17.5. The summed E-state index contributed by atoms with van der Waals surface area (Å²) in [5.41, 5.74) is 10.9. The van der Waals surface area contributed by atoms with Gasteiger partial charge >= 0.3 is 0 Å². The van der Waals surface area contributed by atoms with Crippen LogP contribution in [0.25, 0.3) is 86.3 Å². The highest BCUT2D eigenvalue weighted by Crippen LogP contribution is 2.47. The van der Waals surface area contributed by atoms with Crippen molar-refractivity contribution in [1.29, 1.82) is 0 Å². The van der Waals surface area contributed by atoms with E-state index in [9.17, 15) is 0 Å². The molecule has 0 unspecified atom stereocenters. The van der Waals surface area contributed by atoms with Gasteiger partial charge in [-0.25, -0.2) is 0 Å². The molecule has 11 aromatic rings. The molecule has 0 aliphatic heterocycles. The van der Waals surface area contributed by atoms with Crippen molar-refractivity contribution in [3.8, 4) is 22.3 Å². The summed E-state index contributed by atoms with van der Waals surface area (Å²) < 4.78 is 16.2. The molecule has 0 saturated heterocycles. The van der Waals surface area contributed by atoms with E-state index in [0.29, 0.717) is 0 Å². The fourth-order valence-corrected chi connectivity index (χ4v) is 9.08. The van der Waals surface area contributed by atoms with Crippen LogP contribution >= 0.6 is 11.3 Å². The second-order valence-electron chi connectivity index (χ2n) is 13.2. The van der Waals surface area contributed by atoms with Crippen LogP contribution in [0.3, 0.4) is 0 Å². The quantitative estimate of drug-likeness (QED) is 0.181. The van der Waals surface area contributed by atoms with E-state index in [1.165, 1.54) is 31.3 Å². The van der Waals surface area contributed by atoms with Crippen molar-refractivity contribution >= 4 is 92.4 Å². The zero-order valence-electron chi connectivity index (χ0n) is 27.9. The first kappa shape index (κ1) is 29.1. The Balaban J connectivity index is 1.15. The van der Waals surface area contributed by atoms with Gasteiger partial charge in [0.05, 0.1) is 11.4 Å². The fraction of sp³-hybridized carbons (Fsp3) is 0. The third-order valence-corrected chi connectivity index (χ3v) is 11.4. The van der Waals surface area contributed by atoms with E-state index >= 15 is 0 Å². The number of benzene rings is 8. The van der Waals surface area contributed by atoms with Crippen LogP contribution in [-0.2, 0) is 0 Å². The van der Waals surface area contributed by atoms with Crippen LogP contribution in [0.5, 0.6) is 0 Å². The molecule has 52 heavy (non-hydrogen) atoms. The monoisotopic (exact) mass is 683 g/mol. The molecule has 8 aromatic carbocycles. The number of thiophene rings is 1. The fourth-order valence-electron chi connectivity index (χ4n) is 7.95. The lowest BCUT2D eigenvalue weighted by atomic mass is 9.99. The molecule has 0 N–H and O–H groups in total. The molecule has 3 aromatic heterocycles. The molecule has 0 amide bonds. The normalized spacial score (nSPS) is 11.8. The van der Waals surface area contributed by atoms with E-state index in [-0.39, 0.29) is 0 Å². The van der Waals surface area contributed by atoms with E-state index < -0.39 is 0 Å². The summed E-state index contributed by atoms with van der Waals surface area (Å²) in [5, 5.41) is 6.94. The molecular weight excluding hydrogens is 655 g/mol. The van der Waals surface area contributed by atoms with Gasteiger partial charge < -0.3 is 13.7 Å². The van der Waals surface area contributed by atoms with Crippen LogP contribution in [0.1, 0.15) is 0 Å². The molecule has 0 spiro atoms. The molecule has 3 heterocycles. The van der Waals surface area contributed by atoms with Gasteiger partial charge in [-0.05, 0) is 59.2 Å². The minimum absolute atomic E-state index is 0.826. The zero-order chi connectivity index (χ0) is 34.2. The van der Waals surface area contributed by atoms with Crippen LogP contribution in [-0.4, -0.2) is 0 Å². The van der Waals surface area contributed by atoms with Crippen LogP contribution in [0.2, 0.25) is 0 Å². The highest BCUT2D eigenvalue weighted by molar-refractivity contribution is 7.25. The Bertz CT molecular complexity index is 3130. The molecule has 0 fully saturated rings. The Morgan fingerprint density at radius 1 is 0.365 bits per heavy atom. The summed E-state index contributed by atoms with van der Waals surface area (Å²) >= 11 is 1.85. The first-order chi connectivity index (χ1) is 25.8. The highest BCUT2D eigenvalue weighted by Gasteiger charge is 2.24. The van der Waals surface area contributed by atoms with E-state index in [2.05, 4.69) is 163 Å². The molecule has 0 aliphatic rings. The van der Waals surface area contributed by atoms with Gasteiger partial charge in [0, 0.05) is 53.0 Å². The molecule has 0 radical (unpaired) electrons.